The van der Waals surface area contributed by atoms with Crippen LogP contribution in [-0.4, -0.2) is 80.8 Å². The van der Waals surface area contributed by atoms with Crippen LogP contribution < -0.4 is 14.4 Å². The van der Waals surface area contributed by atoms with E-state index in [2.05, 4.69) is 4.99 Å². The molecule has 2 unspecified atom stereocenters. The molecule has 2 aliphatic rings. The third-order valence-corrected chi connectivity index (χ3v) is 7.59. The molecule has 0 spiro atoms. The second-order valence-electron chi connectivity index (χ2n) is 6.38. The van der Waals surface area contributed by atoms with Crippen LogP contribution in [-0.2, 0) is 24.2 Å². The van der Waals surface area contributed by atoms with Gasteiger partial charge < -0.3 is 24.2 Å². The molecule has 12 heteroatoms. The number of methoxy groups -OCH3 is 2. The van der Waals surface area contributed by atoms with Gasteiger partial charge >= 0.3 is 5.97 Å². The Morgan fingerprint density at radius 3 is 2.66 bits per heavy atom. The van der Waals surface area contributed by atoms with E-state index in [-0.39, 0.29) is 16.8 Å². The first-order valence-corrected chi connectivity index (χ1v) is 11.2. The van der Waals surface area contributed by atoms with E-state index in [0.717, 1.165) is 0 Å². The molecule has 2 heterocycles. The van der Waals surface area contributed by atoms with Gasteiger partial charge in [-0.15, -0.1) is 0 Å². The number of carbonyl (C=O) groups is 2. The standard InChI is InChI=1S/C17H20N2O8S2/c1-25-10-3-4-11(13(5-10)26-2)19-12-8-29(23,24)9-14(12)28-17(19)18-15(20)6-27-7-16(21)22/h3-5,12,14H,6-9H2,1-2H3,(H,21,22). The van der Waals surface area contributed by atoms with Gasteiger partial charge in [0.25, 0.3) is 5.91 Å². The van der Waals surface area contributed by atoms with Gasteiger partial charge in [-0.2, -0.15) is 4.99 Å². The maximum absolute atomic E-state index is 12.1. The number of hydrogen-bond donors (Lipinski definition) is 1. The molecule has 2 saturated heterocycles. The lowest BCUT2D eigenvalue weighted by atomic mass is 10.2. The smallest absolute Gasteiger partial charge is 0.329 e. The molecule has 29 heavy (non-hydrogen) atoms. The van der Waals surface area contributed by atoms with E-state index in [1.807, 2.05) is 0 Å². The van der Waals surface area contributed by atoms with Gasteiger partial charge in [-0.3, -0.25) is 4.79 Å². The topological polar surface area (TPSA) is 132 Å². The normalized spacial score (nSPS) is 23.8. The van der Waals surface area contributed by atoms with Crippen molar-refractivity contribution in [2.75, 3.05) is 43.8 Å². The van der Waals surface area contributed by atoms with Gasteiger partial charge in [-0.1, -0.05) is 11.8 Å². The number of hydrogen-bond acceptors (Lipinski definition) is 8. The highest BCUT2D eigenvalue weighted by atomic mass is 32.2. The summed E-state index contributed by atoms with van der Waals surface area (Å²) < 4.78 is 39.7. The molecule has 2 fully saturated rings. The summed E-state index contributed by atoms with van der Waals surface area (Å²) in [4.78, 5) is 28.4. The Morgan fingerprint density at radius 1 is 1.24 bits per heavy atom. The SMILES string of the molecule is COc1ccc(N2C(=NC(=O)COCC(=O)O)SC3CS(=O)(=O)CC32)c(OC)c1. The molecule has 0 aromatic heterocycles. The lowest BCUT2D eigenvalue weighted by Crippen LogP contribution is -2.38. The Labute approximate surface area is 171 Å². The number of thioether (sulfide) groups is 1. The molecule has 158 valence electrons. The van der Waals surface area contributed by atoms with Crippen molar-refractivity contribution in [3.05, 3.63) is 18.2 Å². The number of nitrogens with zero attached hydrogens (tertiary/aromatic N) is 2. The van der Waals surface area contributed by atoms with Crippen molar-refractivity contribution in [1.82, 2.24) is 0 Å². The second kappa shape index (κ2) is 8.59. The number of amides is 1. The molecule has 1 amide bonds. The average molecular weight is 444 g/mol. The average Bonchev–Trinajstić information content (AvgIpc) is 3.11. The van der Waals surface area contributed by atoms with Crippen molar-refractivity contribution in [3.63, 3.8) is 0 Å². The summed E-state index contributed by atoms with van der Waals surface area (Å²) in [5.74, 6) is -0.927. The summed E-state index contributed by atoms with van der Waals surface area (Å²) in [7, 11) is -0.218. The number of benzene rings is 1. The Kier molecular flexibility index (Phi) is 6.34. The van der Waals surface area contributed by atoms with Crippen molar-refractivity contribution in [1.29, 1.82) is 0 Å². The molecule has 0 saturated carbocycles. The highest BCUT2D eigenvalue weighted by Crippen LogP contribution is 2.44. The largest absolute Gasteiger partial charge is 0.497 e. The van der Waals surface area contributed by atoms with Crippen molar-refractivity contribution in [2.45, 2.75) is 11.3 Å². The quantitative estimate of drug-likeness (QED) is 0.630. The van der Waals surface area contributed by atoms with E-state index in [1.54, 1.807) is 23.1 Å². The van der Waals surface area contributed by atoms with Crippen LogP contribution in [0.1, 0.15) is 0 Å². The maximum atomic E-state index is 12.1. The van der Waals surface area contributed by atoms with E-state index < -0.39 is 41.0 Å². The minimum absolute atomic E-state index is 0.0139. The molecule has 2 atom stereocenters. The first kappa shape index (κ1) is 21.4. The van der Waals surface area contributed by atoms with Crippen molar-refractivity contribution >= 4 is 44.3 Å². The Morgan fingerprint density at radius 2 is 2.00 bits per heavy atom. The predicted molar refractivity (Wildman–Crippen MR) is 107 cm³/mol. The van der Waals surface area contributed by atoms with Gasteiger partial charge in [0.2, 0.25) is 0 Å². The Bertz CT molecular complexity index is 947. The van der Waals surface area contributed by atoms with Crippen LogP contribution in [0.3, 0.4) is 0 Å². The van der Waals surface area contributed by atoms with Crippen LogP contribution >= 0.6 is 11.8 Å². The fourth-order valence-electron chi connectivity index (χ4n) is 3.19. The van der Waals surface area contributed by atoms with Gasteiger partial charge in [0.1, 0.15) is 24.7 Å². The van der Waals surface area contributed by atoms with E-state index in [0.29, 0.717) is 22.4 Å². The number of fused-ring (bicyclic) bond motifs is 1. The van der Waals surface area contributed by atoms with Gasteiger partial charge in [-0.05, 0) is 12.1 Å². The summed E-state index contributed by atoms with van der Waals surface area (Å²) in [6, 6.07) is 4.67. The molecule has 1 N–H and O–H groups in total. The van der Waals surface area contributed by atoms with Crippen LogP contribution in [0.2, 0.25) is 0 Å². The predicted octanol–water partition coefficient (Wildman–Crippen LogP) is 0.406. The zero-order chi connectivity index (χ0) is 21.2. The molecule has 1 aromatic carbocycles. The minimum atomic E-state index is -3.21. The molecule has 10 nitrogen and oxygen atoms in total. The zero-order valence-electron chi connectivity index (χ0n) is 15.7. The van der Waals surface area contributed by atoms with Crippen LogP contribution in [0, 0.1) is 0 Å². The summed E-state index contributed by atoms with van der Waals surface area (Å²) >= 11 is 1.20. The molecular weight excluding hydrogens is 424 g/mol. The van der Waals surface area contributed by atoms with Gasteiger partial charge in [0, 0.05) is 11.3 Å². The Hall–Kier alpha value is -2.31. The number of carbonyl (C=O) groups excluding carboxylic acids is 1. The molecule has 0 radical (unpaired) electrons. The molecule has 0 aliphatic carbocycles. The summed E-state index contributed by atoms with van der Waals surface area (Å²) in [6.45, 7) is -1.10. The van der Waals surface area contributed by atoms with E-state index in [4.69, 9.17) is 19.3 Å². The fraction of sp³-hybridized carbons (Fsp3) is 0.471. The van der Waals surface area contributed by atoms with Gasteiger partial charge in [0.05, 0.1) is 37.5 Å². The van der Waals surface area contributed by atoms with Gasteiger partial charge in [0.15, 0.2) is 15.0 Å². The summed E-state index contributed by atoms with van der Waals surface area (Å²) in [5.41, 5.74) is 0.559. The maximum Gasteiger partial charge on any atom is 0.329 e. The highest BCUT2D eigenvalue weighted by molar-refractivity contribution is 8.16. The van der Waals surface area contributed by atoms with Crippen molar-refractivity contribution < 1.29 is 37.3 Å². The number of sulfone groups is 1. The van der Waals surface area contributed by atoms with Crippen LogP contribution in [0.4, 0.5) is 5.69 Å². The van der Waals surface area contributed by atoms with E-state index in [1.165, 1.54) is 26.0 Å². The van der Waals surface area contributed by atoms with Crippen molar-refractivity contribution in [2.24, 2.45) is 4.99 Å². The summed E-state index contributed by atoms with van der Waals surface area (Å²) in [5, 5.41) is 8.64. The number of carboxylic acids is 1. The van der Waals surface area contributed by atoms with E-state index >= 15 is 0 Å². The monoisotopic (exact) mass is 444 g/mol. The number of aliphatic imine (C=N–C) groups is 1. The fourth-order valence-corrected chi connectivity index (χ4v) is 7.12. The van der Waals surface area contributed by atoms with Gasteiger partial charge in [-0.25, -0.2) is 13.2 Å². The number of rotatable bonds is 7. The molecule has 0 bridgehead atoms. The number of ether oxygens (including phenoxy) is 3. The number of amidine groups is 1. The molecule has 1 aromatic rings. The lowest BCUT2D eigenvalue weighted by Gasteiger charge is -2.26. The zero-order valence-corrected chi connectivity index (χ0v) is 17.4. The van der Waals surface area contributed by atoms with Crippen molar-refractivity contribution in [3.8, 4) is 11.5 Å². The Balaban J connectivity index is 1.93. The van der Waals surface area contributed by atoms with Crippen LogP contribution in [0.5, 0.6) is 11.5 Å². The first-order valence-electron chi connectivity index (χ1n) is 8.53. The second-order valence-corrected chi connectivity index (χ2v) is 9.74. The number of carboxylic acid groups (broad SMARTS) is 1. The molecule has 2 aliphatic heterocycles. The first-order chi connectivity index (χ1) is 13.7. The highest BCUT2D eigenvalue weighted by Gasteiger charge is 2.50. The van der Waals surface area contributed by atoms with E-state index in [9.17, 15) is 18.0 Å². The molecule has 3 rings (SSSR count). The third-order valence-electron chi connectivity index (χ3n) is 4.38. The lowest BCUT2D eigenvalue weighted by molar-refractivity contribution is -0.143. The van der Waals surface area contributed by atoms with Crippen LogP contribution in [0.25, 0.3) is 0 Å². The van der Waals surface area contributed by atoms with Crippen LogP contribution in [0.15, 0.2) is 23.2 Å². The number of aliphatic carboxylic acids is 1. The summed E-state index contributed by atoms with van der Waals surface area (Å²) in [6.07, 6.45) is 0. The minimum Gasteiger partial charge on any atom is -0.497 e. The number of anilines is 1. The third kappa shape index (κ3) is 4.82. The molecular formula is C17H20N2O8S2.